The summed E-state index contributed by atoms with van der Waals surface area (Å²) in [5, 5.41) is 17.6. The lowest BCUT2D eigenvalue weighted by atomic mass is 9.78. The molecule has 1 aromatic heterocycles. The molecule has 0 aliphatic carbocycles. The van der Waals surface area contributed by atoms with Crippen molar-refractivity contribution in [2.24, 2.45) is 0 Å². The third-order valence-electron chi connectivity index (χ3n) is 3.78. The maximum absolute atomic E-state index is 12.3. The van der Waals surface area contributed by atoms with Gasteiger partial charge in [0, 0.05) is 13.0 Å². The van der Waals surface area contributed by atoms with Crippen LogP contribution in [0.3, 0.4) is 0 Å². The minimum atomic E-state index is -0.891. The summed E-state index contributed by atoms with van der Waals surface area (Å²) >= 11 is 0. The van der Waals surface area contributed by atoms with Crippen molar-refractivity contribution in [2.75, 3.05) is 0 Å². The maximum atomic E-state index is 12.3. The summed E-state index contributed by atoms with van der Waals surface area (Å²) in [6.45, 7) is 4.90. The van der Waals surface area contributed by atoms with E-state index in [0.717, 1.165) is 22.3 Å². The van der Waals surface area contributed by atoms with E-state index in [9.17, 15) is 9.82 Å². The second-order valence-corrected chi connectivity index (χ2v) is 5.14. The van der Waals surface area contributed by atoms with Gasteiger partial charge in [-0.25, -0.2) is 4.68 Å². The van der Waals surface area contributed by atoms with Crippen LogP contribution in [0.1, 0.15) is 34.2 Å². The van der Waals surface area contributed by atoms with Crippen molar-refractivity contribution < 1.29 is 14.5 Å². The highest BCUT2D eigenvalue weighted by Gasteiger charge is 2.27. The molecule has 2 aromatic rings. The van der Waals surface area contributed by atoms with Crippen molar-refractivity contribution in [3.63, 3.8) is 0 Å². The lowest BCUT2D eigenvalue weighted by Crippen LogP contribution is -2.28. The number of carbonyl (C=O) groups is 1. The Hall–Kier alpha value is -1.99. The van der Waals surface area contributed by atoms with Crippen LogP contribution in [0.4, 0.5) is 0 Å². The monoisotopic (exact) mass is 285 g/mol. The van der Waals surface area contributed by atoms with E-state index in [-0.39, 0.29) is 12.2 Å². The average molecular weight is 285 g/mol. The van der Waals surface area contributed by atoms with Gasteiger partial charge in [0.15, 0.2) is 11.5 Å². The lowest BCUT2D eigenvalue weighted by molar-refractivity contribution is 0.0987. The SMILES string of the molecule is CCn1nnc(C(=O)Cc2ccc3c(c2)B(O)OC3)c1C. The van der Waals surface area contributed by atoms with Gasteiger partial charge >= 0.3 is 7.12 Å². The van der Waals surface area contributed by atoms with Crippen LogP contribution in [0, 0.1) is 6.92 Å². The van der Waals surface area contributed by atoms with Crippen molar-refractivity contribution in [2.45, 2.75) is 33.4 Å². The first-order chi connectivity index (χ1) is 10.1. The quantitative estimate of drug-likeness (QED) is 0.643. The van der Waals surface area contributed by atoms with Gasteiger partial charge in [0.2, 0.25) is 0 Å². The number of rotatable bonds is 4. The number of aryl methyl sites for hydroxylation is 1. The fourth-order valence-electron chi connectivity index (χ4n) is 2.56. The van der Waals surface area contributed by atoms with Gasteiger partial charge in [-0.1, -0.05) is 23.4 Å². The van der Waals surface area contributed by atoms with E-state index in [2.05, 4.69) is 10.3 Å². The van der Waals surface area contributed by atoms with Gasteiger partial charge in [-0.05, 0) is 30.4 Å². The maximum Gasteiger partial charge on any atom is 0.491 e. The molecule has 1 aromatic carbocycles. The highest BCUT2D eigenvalue weighted by Crippen LogP contribution is 2.14. The van der Waals surface area contributed by atoms with Crippen molar-refractivity contribution >= 4 is 18.4 Å². The van der Waals surface area contributed by atoms with Crippen molar-refractivity contribution in [3.05, 3.63) is 40.7 Å². The molecule has 21 heavy (non-hydrogen) atoms. The van der Waals surface area contributed by atoms with Crippen LogP contribution < -0.4 is 5.46 Å². The summed E-state index contributed by atoms with van der Waals surface area (Å²) in [7, 11) is -0.891. The van der Waals surface area contributed by atoms with Gasteiger partial charge in [0.25, 0.3) is 0 Å². The fraction of sp³-hybridized carbons (Fsp3) is 0.357. The number of hydrogen-bond acceptors (Lipinski definition) is 5. The molecular formula is C14H16BN3O3. The summed E-state index contributed by atoms with van der Waals surface area (Å²) in [5.74, 6) is -0.0689. The summed E-state index contributed by atoms with van der Waals surface area (Å²) in [6, 6.07) is 5.60. The highest BCUT2D eigenvalue weighted by molar-refractivity contribution is 6.61. The Kier molecular flexibility index (Phi) is 3.61. The zero-order valence-electron chi connectivity index (χ0n) is 12.0. The Morgan fingerprint density at radius 3 is 3.05 bits per heavy atom. The second-order valence-electron chi connectivity index (χ2n) is 5.14. The number of Topliss-reactive ketones (excluding diaryl/α,β-unsaturated/α-hetero) is 1. The molecule has 0 bridgehead atoms. The van der Waals surface area contributed by atoms with Gasteiger partial charge in [-0.15, -0.1) is 5.10 Å². The predicted molar refractivity (Wildman–Crippen MR) is 77.3 cm³/mol. The molecule has 0 saturated heterocycles. The average Bonchev–Trinajstić information content (AvgIpc) is 3.02. The summed E-state index contributed by atoms with van der Waals surface area (Å²) in [4.78, 5) is 12.3. The predicted octanol–water partition coefficient (Wildman–Crippen LogP) is 0.250. The van der Waals surface area contributed by atoms with Crippen LogP contribution in [0.2, 0.25) is 0 Å². The van der Waals surface area contributed by atoms with Crippen molar-refractivity contribution in [1.29, 1.82) is 0 Å². The molecule has 3 rings (SSSR count). The third-order valence-corrected chi connectivity index (χ3v) is 3.78. The summed E-state index contributed by atoms with van der Waals surface area (Å²) < 4.78 is 6.85. The van der Waals surface area contributed by atoms with Crippen LogP contribution in [0.25, 0.3) is 0 Å². The van der Waals surface area contributed by atoms with E-state index < -0.39 is 7.12 Å². The molecule has 0 spiro atoms. The molecule has 7 heteroatoms. The summed E-state index contributed by atoms with van der Waals surface area (Å²) in [5.41, 5.74) is 3.75. The Morgan fingerprint density at radius 2 is 2.33 bits per heavy atom. The molecule has 2 heterocycles. The first-order valence-electron chi connectivity index (χ1n) is 6.94. The van der Waals surface area contributed by atoms with Crippen LogP contribution in [0.5, 0.6) is 0 Å². The highest BCUT2D eigenvalue weighted by atomic mass is 16.5. The number of aromatic nitrogens is 3. The number of ketones is 1. The molecule has 6 nitrogen and oxygen atoms in total. The van der Waals surface area contributed by atoms with Crippen LogP contribution in [-0.2, 0) is 24.2 Å². The standard InChI is InChI=1S/C14H16BN3O3/c1-3-18-9(2)14(16-17-18)13(19)7-10-4-5-11-8-21-15(20)12(11)6-10/h4-6,20H,3,7-8H2,1-2H3. The summed E-state index contributed by atoms with van der Waals surface area (Å²) in [6.07, 6.45) is 0.239. The Bertz CT molecular complexity index is 699. The van der Waals surface area contributed by atoms with Gasteiger partial charge in [-0.3, -0.25) is 4.79 Å². The zero-order valence-corrected chi connectivity index (χ0v) is 12.0. The Balaban J connectivity index is 1.82. The molecule has 1 N–H and O–H groups in total. The molecule has 0 saturated carbocycles. The molecular weight excluding hydrogens is 269 g/mol. The zero-order chi connectivity index (χ0) is 15.0. The number of hydrogen-bond donors (Lipinski definition) is 1. The van der Waals surface area contributed by atoms with Crippen molar-refractivity contribution in [1.82, 2.24) is 15.0 Å². The number of fused-ring (bicyclic) bond motifs is 1. The first-order valence-corrected chi connectivity index (χ1v) is 6.94. The Labute approximate surface area is 122 Å². The fourth-order valence-corrected chi connectivity index (χ4v) is 2.56. The Morgan fingerprint density at radius 1 is 1.52 bits per heavy atom. The van der Waals surface area contributed by atoms with Crippen LogP contribution >= 0.6 is 0 Å². The van der Waals surface area contributed by atoms with Gasteiger partial charge in [0.1, 0.15) is 0 Å². The first kappa shape index (κ1) is 14.0. The van der Waals surface area contributed by atoms with E-state index in [1.165, 1.54) is 0 Å². The number of benzene rings is 1. The number of nitrogens with zero attached hydrogens (tertiary/aromatic N) is 3. The van der Waals surface area contributed by atoms with E-state index in [0.29, 0.717) is 18.8 Å². The van der Waals surface area contributed by atoms with Gasteiger partial charge < -0.3 is 9.68 Å². The molecule has 0 unspecified atom stereocenters. The normalized spacial score (nSPS) is 13.6. The van der Waals surface area contributed by atoms with E-state index in [1.54, 1.807) is 4.68 Å². The minimum Gasteiger partial charge on any atom is -0.423 e. The van der Waals surface area contributed by atoms with E-state index in [4.69, 9.17) is 4.65 Å². The molecule has 0 fully saturated rings. The molecule has 0 amide bonds. The minimum absolute atomic E-state index is 0.0689. The second kappa shape index (κ2) is 5.42. The smallest absolute Gasteiger partial charge is 0.423 e. The molecule has 1 aliphatic heterocycles. The van der Waals surface area contributed by atoms with E-state index in [1.807, 2.05) is 32.0 Å². The molecule has 0 atom stereocenters. The molecule has 108 valence electrons. The largest absolute Gasteiger partial charge is 0.491 e. The van der Waals surface area contributed by atoms with Crippen LogP contribution in [-0.4, -0.2) is 32.9 Å². The van der Waals surface area contributed by atoms with Gasteiger partial charge in [0.05, 0.1) is 12.3 Å². The topological polar surface area (TPSA) is 77.2 Å². The van der Waals surface area contributed by atoms with Crippen LogP contribution in [0.15, 0.2) is 18.2 Å². The number of carbonyl (C=O) groups excluding carboxylic acids is 1. The lowest BCUT2D eigenvalue weighted by Gasteiger charge is -2.04. The molecule has 1 aliphatic rings. The van der Waals surface area contributed by atoms with E-state index >= 15 is 0 Å². The molecule has 0 radical (unpaired) electrons. The third kappa shape index (κ3) is 2.50. The van der Waals surface area contributed by atoms with Gasteiger partial charge in [-0.2, -0.15) is 0 Å². The van der Waals surface area contributed by atoms with Crippen molar-refractivity contribution in [3.8, 4) is 0 Å².